The molecule has 9 nitrogen and oxygen atoms in total. The van der Waals surface area contributed by atoms with Crippen LogP contribution in [-0.4, -0.2) is 89.5 Å². The lowest BCUT2D eigenvalue weighted by atomic mass is 10.2. The van der Waals surface area contributed by atoms with Crippen LogP contribution in [0.4, 0.5) is 0 Å². The molecule has 0 N–H and O–H groups in total. The van der Waals surface area contributed by atoms with Crippen LogP contribution >= 0.6 is 11.8 Å². The number of benzene rings is 2. The number of amides is 2. The molecule has 0 spiro atoms. The van der Waals surface area contributed by atoms with Crippen molar-refractivity contribution >= 4 is 34.6 Å². The predicted octanol–water partition coefficient (Wildman–Crippen LogP) is 2.29. The van der Waals surface area contributed by atoms with Crippen molar-refractivity contribution in [2.24, 2.45) is 0 Å². The van der Waals surface area contributed by atoms with Crippen molar-refractivity contribution in [3.05, 3.63) is 48.5 Å². The standard InChI is InChI=1S/C25H28N4O5S/c1-32-15-14-29-19-7-3-2-6-18(19)26-25(29)35-17-23(30)27-10-12-28(13-11-27)24(31)22-16-33-20-8-4-5-9-21(20)34-22/h2-9,22H,10-17H2,1H3/t22-/m0/s1. The van der Waals surface area contributed by atoms with Gasteiger partial charge in [-0.25, -0.2) is 4.98 Å². The summed E-state index contributed by atoms with van der Waals surface area (Å²) in [4.78, 5) is 34.1. The Morgan fingerprint density at radius 2 is 1.74 bits per heavy atom. The summed E-state index contributed by atoms with van der Waals surface area (Å²) in [5, 5.41) is 0.806. The number of hydrogen-bond donors (Lipinski definition) is 0. The second-order valence-corrected chi connectivity index (χ2v) is 9.33. The van der Waals surface area contributed by atoms with Gasteiger partial charge >= 0.3 is 0 Å². The molecule has 0 unspecified atom stereocenters. The van der Waals surface area contributed by atoms with E-state index in [0.29, 0.717) is 56.6 Å². The van der Waals surface area contributed by atoms with Gasteiger partial charge in [-0.05, 0) is 24.3 Å². The fraction of sp³-hybridized carbons (Fsp3) is 0.400. The van der Waals surface area contributed by atoms with E-state index in [2.05, 4.69) is 4.57 Å². The van der Waals surface area contributed by atoms with Crippen LogP contribution in [0.5, 0.6) is 11.5 Å². The highest BCUT2D eigenvalue weighted by molar-refractivity contribution is 7.99. The number of para-hydroxylation sites is 4. The SMILES string of the molecule is COCCn1c(SCC(=O)N2CCN(C(=O)[C@@H]3COc4ccccc4O3)CC2)nc2ccccc21. The molecule has 0 aliphatic carbocycles. The summed E-state index contributed by atoms with van der Waals surface area (Å²) in [5.74, 6) is 1.46. The predicted molar refractivity (Wildman–Crippen MR) is 132 cm³/mol. The van der Waals surface area contributed by atoms with E-state index in [1.54, 1.807) is 18.1 Å². The zero-order valence-electron chi connectivity index (χ0n) is 19.6. The van der Waals surface area contributed by atoms with Crippen LogP contribution in [0.2, 0.25) is 0 Å². The van der Waals surface area contributed by atoms with Crippen LogP contribution in [0.15, 0.2) is 53.7 Å². The van der Waals surface area contributed by atoms with Gasteiger partial charge in [0, 0.05) is 39.8 Å². The number of imidazole rings is 1. The van der Waals surface area contributed by atoms with E-state index in [1.165, 1.54) is 11.8 Å². The van der Waals surface area contributed by atoms with Crippen molar-refractivity contribution in [2.45, 2.75) is 17.8 Å². The molecule has 0 radical (unpaired) electrons. The van der Waals surface area contributed by atoms with Crippen LogP contribution in [-0.2, 0) is 20.9 Å². The summed E-state index contributed by atoms with van der Waals surface area (Å²) >= 11 is 1.44. The second-order valence-electron chi connectivity index (χ2n) is 8.39. The number of ether oxygens (including phenoxy) is 3. The van der Waals surface area contributed by atoms with Gasteiger partial charge in [-0.1, -0.05) is 36.0 Å². The van der Waals surface area contributed by atoms with Crippen LogP contribution in [0.25, 0.3) is 11.0 Å². The molecule has 10 heteroatoms. The number of piperazine rings is 1. The normalized spacial score (nSPS) is 17.6. The molecule has 3 heterocycles. The summed E-state index contributed by atoms with van der Waals surface area (Å²) in [6.45, 7) is 3.37. The summed E-state index contributed by atoms with van der Waals surface area (Å²) < 4.78 is 18.9. The minimum absolute atomic E-state index is 0.0404. The zero-order chi connectivity index (χ0) is 24.2. The van der Waals surface area contributed by atoms with Crippen molar-refractivity contribution in [3.63, 3.8) is 0 Å². The highest BCUT2D eigenvalue weighted by Gasteiger charge is 2.33. The third-order valence-electron chi connectivity index (χ3n) is 6.19. The highest BCUT2D eigenvalue weighted by atomic mass is 32.2. The summed E-state index contributed by atoms with van der Waals surface area (Å²) in [6.07, 6.45) is -0.664. The fourth-order valence-corrected chi connectivity index (χ4v) is 5.24. The molecule has 2 aliphatic heterocycles. The number of hydrogen-bond acceptors (Lipinski definition) is 7. The van der Waals surface area contributed by atoms with Crippen molar-refractivity contribution in [1.82, 2.24) is 19.4 Å². The average Bonchev–Trinajstić information content (AvgIpc) is 3.27. The number of methoxy groups -OCH3 is 1. The van der Waals surface area contributed by atoms with Crippen LogP contribution in [0, 0.1) is 0 Å². The third kappa shape index (κ3) is 5.08. The average molecular weight is 497 g/mol. The molecule has 3 aromatic rings. The molecule has 1 aromatic heterocycles. The van der Waals surface area contributed by atoms with Crippen LogP contribution < -0.4 is 9.47 Å². The first-order valence-corrected chi connectivity index (χ1v) is 12.6. The quantitative estimate of drug-likeness (QED) is 0.464. The third-order valence-corrected chi connectivity index (χ3v) is 7.15. The molecule has 0 saturated carbocycles. The fourth-order valence-electron chi connectivity index (χ4n) is 4.30. The molecule has 35 heavy (non-hydrogen) atoms. The number of nitrogens with zero attached hydrogens (tertiary/aromatic N) is 4. The summed E-state index contributed by atoms with van der Waals surface area (Å²) in [6, 6.07) is 15.3. The van der Waals surface area contributed by atoms with Crippen molar-refractivity contribution in [2.75, 3.05) is 52.3 Å². The molecule has 0 bridgehead atoms. The van der Waals surface area contributed by atoms with Gasteiger partial charge in [0.25, 0.3) is 5.91 Å². The number of aromatic nitrogens is 2. The maximum absolute atomic E-state index is 13.0. The van der Waals surface area contributed by atoms with E-state index in [4.69, 9.17) is 19.2 Å². The van der Waals surface area contributed by atoms with E-state index in [0.717, 1.165) is 16.2 Å². The minimum atomic E-state index is -0.664. The Morgan fingerprint density at radius 1 is 1.03 bits per heavy atom. The molecule has 1 saturated heterocycles. The largest absolute Gasteiger partial charge is 0.485 e. The first kappa shape index (κ1) is 23.5. The highest BCUT2D eigenvalue weighted by Crippen LogP contribution is 2.31. The Labute approximate surface area is 207 Å². The lowest BCUT2D eigenvalue weighted by molar-refractivity contribution is -0.145. The van der Waals surface area contributed by atoms with Gasteiger partial charge in [0.15, 0.2) is 16.7 Å². The maximum Gasteiger partial charge on any atom is 0.267 e. The first-order chi connectivity index (χ1) is 17.1. The molecule has 2 amide bonds. The van der Waals surface area contributed by atoms with E-state index >= 15 is 0 Å². The van der Waals surface area contributed by atoms with Gasteiger partial charge in [-0.2, -0.15) is 0 Å². The number of carbonyl (C=O) groups excluding carboxylic acids is 2. The van der Waals surface area contributed by atoms with Gasteiger partial charge < -0.3 is 28.6 Å². The van der Waals surface area contributed by atoms with E-state index in [9.17, 15) is 9.59 Å². The summed E-state index contributed by atoms with van der Waals surface area (Å²) in [7, 11) is 1.67. The van der Waals surface area contributed by atoms with E-state index < -0.39 is 6.10 Å². The molecule has 2 aliphatic rings. The Balaban J connectivity index is 1.14. The Kier molecular flexibility index (Phi) is 7.10. The van der Waals surface area contributed by atoms with E-state index in [-0.39, 0.29) is 18.4 Å². The van der Waals surface area contributed by atoms with Gasteiger partial charge in [0.05, 0.1) is 23.4 Å². The Bertz CT molecular complexity index is 1210. The Morgan fingerprint density at radius 3 is 2.54 bits per heavy atom. The van der Waals surface area contributed by atoms with Gasteiger partial charge in [-0.15, -0.1) is 0 Å². The summed E-state index contributed by atoms with van der Waals surface area (Å²) in [5.41, 5.74) is 1.94. The molecule has 2 aromatic carbocycles. The van der Waals surface area contributed by atoms with Gasteiger partial charge in [-0.3, -0.25) is 9.59 Å². The lowest BCUT2D eigenvalue weighted by Gasteiger charge is -2.37. The Hall–Kier alpha value is -3.24. The van der Waals surface area contributed by atoms with Crippen molar-refractivity contribution in [1.29, 1.82) is 0 Å². The number of carbonyl (C=O) groups is 2. The number of rotatable bonds is 7. The topological polar surface area (TPSA) is 86.1 Å². The van der Waals surface area contributed by atoms with E-state index in [1.807, 2.05) is 47.4 Å². The number of fused-ring (bicyclic) bond motifs is 2. The maximum atomic E-state index is 13.0. The van der Waals surface area contributed by atoms with Crippen LogP contribution in [0.1, 0.15) is 0 Å². The molecule has 184 valence electrons. The lowest BCUT2D eigenvalue weighted by Crippen LogP contribution is -2.55. The number of thioether (sulfide) groups is 1. The van der Waals surface area contributed by atoms with Gasteiger partial charge in [0.1, 0.15) is 6.61 Å². The van der Waals surface area contributed by atoms with Crippen molar-refractivity contribution in [3.8, 4) is 11.5 Å². The zero-order valence-corrected chi connectivity index (χ0v) is 20.4. The molecule has 1 atom stereocenters. The molecular weight excluding hydrogens is 468 g/mol. The van der Waals surface area contributed by atoms with Crippen LogP contribution in [0.3, 0.4) is 0 Å². The first-order valence-electron chi connectivity index (χ1n) is 11.7. The minimum Gasteiger partial charge on any atom is -0.485 e. The molecular formula is C25H28N4O5S. The van der Waals surface area contributed by atoms with Gasteiger partial charge in [0.2, 0.25) is 12.0 Å². The van der Waals surface area contributed by atoms with Crippen molar-refractivity contribution < 1.29 is 23.8 Å². The molecule has 5 rings (SSSR count). The smallest absolute Gasteiger partial charge is 0.267 e. The second kappa shape index (κ2) is 10.6. The molecule has 1 fully saturated rings. The monoisotopic (exact) mass is 496 g/mol.